The highest BCUT2D eigenvalue weighted by Gasteiger charge is 2.25. The molecule has 1 fully saturated rings. The van der Waals surface area contributed by atoms with Crippen molar-refractivity contribution in [1.29, 1.82) is 0 Å². The molecule has 1 aliphatic rings. The first-order valence-corrected chi connectivity index (χ1v) is 8.79. The van der Waals surface area contributed by atoms with Crippen molar-refractivity contribution < 1.29 is 4.74 Å². The Balaban J connectivity index is 2.04. The summed E-state index contributed by atoms with van der Waals surface area (Å²) in [5.74, 6) is 0. The first kappa shape index (κ1) is 16.5. The molecule has 1 aromatic carbocycles. The minimum Gasteiger partial charge on any atom is -0.376 e. The number of unbranched alkanes of at least 4 members (excludes halogenated alkanes) is 1. The van der Waals surface area contributed by atoms with Gasteiger partial charge in [0.25, 0.3) is 0 Å². The molecular weight excluding hydrogens is 258 g/mol. The zero-order chi connectivity index (χ0) is 14.9. The lowest BCUT2D eigenvalue weighted by Crippen LogP contribution is -2.36. The molecule has 118 valence electrons. The topological polar surface area (TPSA) is 21.3 Å². The lowest BCUT2D eigenvalue weighted by atomic mass is 9.94. The Hall–Kier alpha value is -0.860. The fraction of sp³-hybridized carbons (Fsp3) is 0.684. The van der Waals surface area contributed by atoms with Crippen LogP contribution in [0.1, 0.15) is 69.5 Å². The largest absolute Gasteiger partial charge is 0.376 e. The molecule has 1 heterocycles. The van der Waals surface area contributed by atoms with Crippen molar-refractivity contribution in [3.05, 3.63) is 35.4 Å². The maximum atomic E-state index is 6.02. The maximum absolute atomic E-state index is 6.02. The second-order valence-electron chi connectivity index (χ2n) is 6.18. The average Bonchev–Trinajstić information content (AvgIpc) is 2.55. The van der Waals surface area contributed by atoms with Crippen molar-refractivity contribution in [3.8, 4) is 0 Å². The molecule has 0 saturated carbocycles. The monoisotopic (exact) mass is 289 g/mol. The van der Waals surface area contributed by atoms with E-state index in [1.165, 1.54) is 49.7 Å². The fourth-order valence-electron chi connectivity index (χ4n) is 3.06. The van der Waals surface area contributed by atoms with Crippen molar-refractivity contribution in [2.24, 2.45) is 0 Å². The van der Waals surface area contributed by atoms with Gasteiger partial charge < -0.3 is 10.1 Å². The Morgan fingerprint density at radius 1 is 1.14 bits per heavy atom. The highest BCUT2D eigenvalue weighted by atomic mass is 16.5. The van der Waals surface area contributed by atoms with Gasteiger partial charge in [-0.2, -0.15) is 0 Å². The molecule has 0 aromatic heterocycles. The number of hydrogen-bond acceptors (Lipinski definition) is 2. The predicted molar refractivity (Wildman–Crippen MR) is 89.7 cm³/mol. The summed E-state index contributed by atoms with van der Waals surface area (Å²) < 4.78 is 6.02. The molecule has 1 aromatic rings. The molecule has 0 aliphatic carbocycles. The molecule has 2 unspecified atom stereocenters. The van der Waals surface area contributed by atoms with Crippen LogP contribution in [0.5, 0.6) is 0 Å². The zero-order valence-electron chi connectivity index (χ0n) is 13.7. The molecule has 1 saturated heterocycles. The molecule has 1 N–H and O–H groups in total. The number of benzene rings is 1. The summed E-state index contributed by atoms with van der Waals surface area (Å²) in [6.45, 7) is 6.45. The lowest BCUT2D eigenvalue weighted by molar-refractivity contribution is -0.00815. The van der Waals surface area contributed by atoms with Gasteiger partial charge in [0, 0.05) is 6.61 Å². The standard InChI is InChI=1S/C19H31NO/c1-3-5-8-16-10-12-17(13-11-16)19(20-14-4-2)18-9-6-7-15-21-18/h10-13,18-20H,3-9,14-15H2,1-2H3. The van der Waals surface area contributed by atoms with Crippen LogP contribution in [0.2, 0.25) is 0 Å². The quantitative estimate of drug-likeness (QED) is 0.753. The molecule has 0 radical (unpaired) electrons. The third-order valence-corrected chi connectivity index (χ3v) is 4.36. The van der Waals surface area contributed by atoms with Gasteiger partial charge >= 0.3 is 0 Å². The van der Waals surface area contributed by atoms with Crippen molar-refractivity contribution >= 4 is 0 Å². The van der Waals surface area contributed by atoms with Gasteiger partial charge in [-0.3, -0.25) is 0 Å². The van der Waals surface area contributed by atoms with E-state index in [1.54, 1.807) is 0 Å². The van der Waals surface area contributed by atoms with Crippen LogP contribution in [-0.2, 0) is 11.2 Å². The summed E-state index contributed by atoms with van der Waals surface area (Å²) in [6.07, 6.45) is 8.93. The number of rotatable bonds is 8. The van der Waals surface area contributed by atoms with Gasteiger partial charge in [-0.25, -0.2) is 0 Å². The van der Waals surface area contributed by atoms with Gasteiger partial charge in [0.05, 0.1) is 12.1 Å². The molecule has 2 nitrogen and oxygen atoms in total. The Kier molecular flexibility index (Phi) is 7.25. The molecule has 0 bridgehead atoms. The van der Waals surface area contributed by atoms with Crippen LogP contribution in [0.15, 0.2) is 24.3 Å². The van der Waals surface area contributed by atoms with E-state index in [2.05, 4.69) is 43.4 Å². The van der Waals surface area contributed by atoms with E-state index in [1.807, 2.05) is 0 Å². The van der Waals surface area contributed by atoms with Crippen molar-refractivity contribution in [1.82, 2.24) is 5.32 Å². The summed E-state index contributed by atoms with van der Waals surface area (Å²) in [7, 11) is 0. The van der Waals surface area contributed by atoms with Crippen molar-refractivity contribution in [2.45, 2.75) is 70.9 Å². The Morgan fingerprint density at radius 3 is 2.57 bits per heavy atom. The molecular formula is C19H31NO. The normalized spacial score (nSPS) is 20.4. The van der Waals surface area contributed by atoms with Gasteiger partial charge in [0.2, 0.25) is 0 Å². The summed E-state index contributed by atoms with van der Waals surface area (Å²) in [6, 6.07) is 9.56. The van der Waals surface area contributed by atoms with Gasteiger partial charge in [-0.15, -0.1) is 0 Å². The van der Waals surface area contributed by atoms with Crippen LogP contribution in [0, 0.1) is 0 Å². The van der Waals surface area contributed by atoms with Crippen LogP contribution in [0.4, 0.5) is 0 Å². The number of hydrogen-bond donors (Lipinski definition) is 1. The maximum Gasteiger partial charge on any atom is 0.0769 e. The van der Waals surface area contributed by atoms with E-state index in [0.717, 1.165) is 19.6 Å². The zero-order valence-corrected chi connectivity index (χ0v) is 13.7. The van der Waals surface area contributed by atoms with E-state index >= 15 is 0 Å². The molecule has 2 rings (SSSR count). The third-order valence-electron chi connectivity index (χ3n) is 4.36. The molecule has 2 heteroatoms. The average molecular weight is 289 g/mol. The Labute approximate surface area is 130 Å². The molecule has 1 aliphatic heterocycles. The minimum absolute atomic E-state index is 0.340. The van der Waals surface area contributed by atoms with Crippen LogP contribution < -0.4 is 5.32 Å². The molecule has 2 atom stereocenters. The van der Waals surface area contributed by atoms with Crippen LogP contribution >= 0.6 is 0 Å². The van der Waals surface area contributed by atoms with E-state index in [-0.39, 0.29) is 0 Å². The van der Waals surface area contributed by atoms with Crippen molar-refractivity contribution in [3.63, 3.8) is 0 Å². The first-order valence-electron chi connectivity index (χ1n) is 8.79. The minimum atomic E-state index is 0.340. The lowest BCUT2D eigenvalue weighted by Gasteiger charge is -2.31. The number of aryl methyl sites for hydroxylation is 1. The molecule has 0 amide bonds. The molecule has 21 heavy (non-hydrogen) atoms. The van der Waals surface area contributed by atoms with E-state index in [9.17, 15) is 0 Å². The summed E-state index contributed by atoms with van der Waals surface area (Å²) >= 11 is 0. The Bertz CT molecular complexity index is 381. The van der Waals surface area contributed by atoms with Crippen LogP contribution in [0.3, 0.4) is 0 Å². The third kappa shape index (κ3) is 5.12. The highest BCUT2D eigenvalue weighted by molar-refractivity contribution is 5.26. The Morgan fingerprint density at radius 2 is 1.95 bits per heavy atom. The van der Waals surface area contributed by atoms with Crippen molar-refractivity contribution in [2.75, 3.05) is 13.2 Å². The van der Waals surface area contributed by atoms with Gasteiger partial charge in [0.15, 0.2) is 0 Å². The van der Waals surface area contributed by atoms with Gasteiger partial charge in [-0.1, -0.05) is 44.5 Å². The number of nitrogens with one attached hydrogen (secondary N) is 1. The second kappa shape index (κ2) is 9.22. The second-order valence-corrected chi connectivity index (χ2v) is 6.18. The SMILES string of the molecule is CCCCc1ccc(C(NCCC)C2CCCCO2)cc1. The molecule has 0 spiro atoms. The fourth-order valence-corrected chi connectivity index (χ4v) is 3.06. The van der Waals surface area contributed by atoms with Crippen LogP contribution in [0.25, 0.3) is 0 Å². The predicted octanol–water partition coefficient (Wildman–Crippen LogP) is 4.64. The van der Waals surface area contributed by atoms with E-state index in [4.69, 9.17) is 4.74 Å². The van der Waals surface area contributed by atoms with E-state index < -0.39 is 0 Å². The first-order chi connectivity index (χ1) is 10.3. The van der Waals surface area contributed by atoms with E-state index in [0.29, 0.717) is 12.1 Å². The summed E-state index contributed by atoms with van der Waals surface area (Å²) in [5.41, 5.74) is 2.84. The summed E-state index contributed by atoms with van der Waals surface area (Å²) in [5, 5.41) is 3.69. The van der Waals surface area contributed by atoms with Gasteiger partial charge in [-0.05, 0) is 56.2 Å². The smallest absolute Gasteiger partial charge is 0.0769 e. The highest BCUT2D eigenvalue weighted by Crippen LogP contribution is 2.27. The number of ether oxygens (including phenoxy) is 1. The summed E-state index contributed by atoms with van der Waals surface area (Å²) in [4.78, 5) is 0. The van der Waals surface area contributed by atoms with Gasteiger partial charge in [0.1, 0.15) is 0 Å². The van der Waals surface area contributed by atoms with Crippen LogP contribution in [-0.4, -0.2) is 19.3 Å².